The van der Waals surface area contributed by atoms with E-state index in [1.807, 2.05) is 42.5 Å². The Bertz CT molecular complexity index is 763. The molecule has 2 rings (SSSR count). The van der Waals surface area contributed by atoms with Crippen LogP contribution in [0.15, 0.2) is 53.5 Å². The molecule has 0 heterocycles. The lowest BCUT2D eigenvalue weighted by atomic mass is 10.1. The van der Waals surface area contributed by atoms with Gasteiger partial charge in [-0.2, -0.15) is 0 Å². The second kappa shape index (κ2) is 11.1. The number of nitrogens with one attached hydrogen (secondary N) is 2. The Morgan fingerprint density at radius 2 is 1.74 bits per heavy atom. The van der Waals surface area contributed by atoms with Crippen molar-refractivity contribution < 1.29 is 9.53 Å². The molecule has 0 saturated heterocycles. The van der Waals surface area contributed by atoms with Gasteiger partial charge in [-0.25, -0.2) is 0 Å². The number of carbonyl (C=O) groups is 1. The zero-order valence-corrected chi connectivity index (χ0v) is 16.1. The molecule has 0 aliphatic carbocycles. The van der Waals surface area contributed by atoms with E-state index in [1.165, 1.54) is 5.56 Å². The van der Waals surface area contributed by atoms with Crippen molar-refractivity contribution in [3.05, 3.63) is 64.7 Å². The topological polar surface area (TPSA) is 88.7 Å². The van der Waals surface area contributed by atoms with Gasteiger partial charge < -0.3 is 21.1 Å². The van der Waals surface area contributed by atoms with Crippen molar-refractivity contribution in [1.29, 1.82) is 0 Å². The van der Waals surface area contributed by atoms with Crippen LogP contribution in [0.1, 0.15) is 11.1 Å². The van der Waals surface area contributed by atoms with Crippen LogP contribution >= 0.6 is 11.6 Å². The lowest BCUT2D eigenvalue weighted by molar-refractivity contribution is -0.119. The molecular formula is C20H25ClN4O2. The predicted molar refractivity (Wildman–Crippen MR) is 109 cm³/mol. The fourth-order valence-electron chi connectivity index (χ4n) is 2.47. The third-order valence-corrected chi connectivity index (χ3v) is 4.06. The number of benzene rings is 2. The molecule has 0 aromatic heterocycles. The fourth-order valence-corrected chi connectivity index (χ4v) is 2.68. The van der Waals surface area contributed by atoms with Crippen molar-refractivity contribution in [2.75, 3.05) is 26.7 Å². The Morgan fingerprint density at radius 1 is 1.07 bits per heavy atom. The second-order valence-electron chi connectivity index (χ2n) is 5.95. The van der Waals surface area contributed by atoms with Crippen LogP contribution in [-0.2, 0) is 17.6 Å². The Balaban J connectivity index is 1.69. The maximum Gasteiger partial charge on any atom is 0.255 e. The van der Waals surface area contributed by atoms with E-state index >= 15 is 0 Å². The molecule has 6 nitrogen and oxygen atoms in total. The number of primary amides is 1. The molecule has 0 aliphatic rings. The summed E-state index contributed by atoms with van der Waals surface area (Å²) in [7, 11) is 1.75. The van der Waals surface area contributed by atoms with Crippen LogP contribution in [0.4, 0.5) is 0 Å². The molecule has 1 amide bonds. The molecule has 2 aromatic rings. The van der Waals surface area contributed by atoms with Gasteiger partial charge >= 0.3 is 0 Å². The van der Waals surface area contributed by atoms with Gasteiger partial charge in [0.05, 0.1) is 0 Å². The molecule has 0 radical (unpaired) electrons. The number of hydrogen-bond acceptors (Lipinski definition) is 3. The van der Waals surface area contributed by atoms with Gasteiger partial charge in [0.2, 0.25) is 0 Å². The molecule has 0 atom stereocenters. The van der Waals surface area contributed by atoms with Crippen LogP contribution in [0, 0.1) is 0 Å². The quantitative estimate of drug-likeness (QED) is 0.453. The Morgan fingerprint density at radius 3 is 2.33 bits per heavy atom. The average Bonchev–Trinajstić information content (AvgIpc) is 2.66. The van der Waals surface area contributed by atoms with E-state index in [-0.39, 0.29) is 6.61 Å². The third kappa shape index (κ3) is 8.00. The van der Waals surface area contributed by atoms with Crippen molar-refractivity contribution >= 4 is 23.5 Å². The van der Waals surface area contributed by atoms with Crippen LogP contribution in [0.2, 0.25) is 5.02 Å². The number of hydrogen-bond donors (Lipinski definition) is 3. The third-order valence-electron chi connectivity index (χ3n) is 3.83. The summed E-state index contributed by atoms with van der Waals surface area (Å²) in [6.45, 7) is 1.41. The molecule has 0 saturated carbocycles. The van der Waals surface area contributed by atoms with Gasteiger partial charge in [-0.1, -0.05) is 35.9 Å². The molecule has 0 unspecified atom stereocenters. The molecule has 0 spiro atoms. The first-order valence-electron chi connectivity index (χ1n) is 8.76. The minimum absolute atomic E-state index is 0.113. The highest BCUT2D eigenvalue weighted by Gasteiger charge is 2.01. The first-order chi connectivity index (χ1) is 13.1. The minimum atomic E-state index is -0.488. The molecule has 27 heavy (non-hydrogen) atoms. The maximum absolute atomic E-state index is 10.7. The number of ether oxygens (including phenoxy) is 1. The number of amides is 1. The van der Waals surface area contributed by atoms with Gasteiger partial charge in [0, 0.05) is 25.2 Å². The fraction of sp³-hybridized carbons (Fsp3) is 0.300. The van der Waals surface area contributed by atoms with Crippen LogP contribution in [0.5, 0.6) is 5.75 Å². The summed E-state index contributed by atoms with van der Waals surface area (Å²) in [4.78, 5) is 14.9. The number of nitrogens with zero attached hydrogens (tertiary/aromatic N) is 1. The lowest BCUT2D eigenvalue weighted by Crippen LogP contribution is -2.39. The van der Waals surface area contributed by atoms with Crippen LogP contribution < -0.4 is 21.1 Å². The van der Waals surface area contributed by atoms with E-state index in [0.717, 1.165) is 42.5 Å². The molecule has 0 aliphatic heterocycles. The first kappa shape index (κ1) is 20.6. The monoisotopic (exact) mass is 388 g/mol. The van der Waals surface area contributed by atoms with Gasteiger partial charge in [-0.05, 0) is 48.2 Å². The van der Waals surface area contributed by atoms with E-state index in [1.54, 1.807) is 7.05 Å². The zero-order valence-electron chi connectivity index (χ0n) is 15.4. The van der Waals surface area contributed by atoms with Crippen LogP contribution in [0.3, 0.4) is 0 Å². The summed E-state index contributed by atoms with van der Waals surface area (Å²) in [5.74, 6) is 0.903. The standard InChI is InChI=1S/C20H25ClN4O2/c1-23-20(25-12-10-16-3-2-4-17(21)13-16)24-11-9-15-5-7-18(8-6-15)27-14-19(22)26/h2-8,13H,9-12,14H2,1H3,(H2,22,26)(H2,23,24,25). The molecule has 0 bridgehead atoms. The summed E-state index contributed by atoms with van der Waals surface area (Å²) in [5.41, 5.74) is 7.40. The summed E-state index contributed by atoms with van der Waals surface area (Å²) in [6, 6.07) is 15.4. The predicted octanol–water partition coefficient (Wildman–Crippen LogP) is 2.15. The number of carbonyl (C=O) groups excluding carboxylic acids is 1. The highest BCUT2D eigenvalue weighted by Crippen LogP contribution is 2.12. The molecular weight excluding hydrogens is 364 g/mol. The van der Waals surface area contributed by atoms with E-state index in [2.05, 4.69) is 21.7 Å². The summed E-state index contributed by atoms with van der Waals surface area (Å²) >= 11 is 6.00. The van der Waals surface area contributed by atoms with Crippen LogP contribution in [-0.4, -0.2) is 38.6 Å². The number of halogens is 1. The molecule has 4 N–H and O–H groups in total. The average molecular weight is 389 g/mol. The van der Waals surface area contributed by atoms with Gasteiger partial charge in [-0.15, -0.1) is 0 Å². The van der Waals surface area contributed by atoms with Crippen LogP contribution in [0.25, 0.3) is 0 Å². The Labute approximate surface area is 164 Å². The highest BCUT2D eigenvalue weighted by atomic mass is 35.5. The molecule has 7 heteroatoms. The van der Waals surface area contributed by atoms with E-state index < -0.39 is 5.91 Å². The van der Waals surface area contributed by atoms with Crippen molar-refractivity contribution in [1.82, 2.24) is 10.6 Å². The van der Waals surface area contributed by atoms with Crippen molar-refractivity contribution in [3.63, 3.8) is 0 Å². The van der Waals surface area contributed by atoms with E-state index in [9.17, 15) is 4.79 Å². The lowest BCUT2D eigenvalue weighted by Gasteiger charge is -2.12. The summed E-state index contributed by atoms with van der Waals surface area (Å²) in [6.07, 6.45) is 1.71. The molecule has 144 valence electrons. The number of aliphatic imine (C=N–C) groups is 1. The normalized spacial score (nSPS) is 11.1. The Hall–Kier alpha value is -2.73. The summed E-state index contributed by atoms with van der Waals surface area (Å²) < 4.78 is 5.24. The van der Waals surface area contributed by atoms with E-state index in [0.29, 0.717) is 5.75 Å². The Kier molecular flexibility index (Phi) is 8.45. The van der Waals surface area contributed by atoms with E-state index in [4.69, 9.17) is 22.1 Å². The zero-order chi connectivity index (χ0) is 19.5. The van der Waals surface area contributed by atoms with Crippen molar-refractivity contribution in [2.24, 2.45) is 10.7 Å². The maximum atomic E-state index is 10.7. The van der Waals surface area contributed by atoms with Crippen molar-refractivity contribution in [3.8, 4) is 5.75 Å². The minimum Gasteiger partial charge on any atom is -0.484 e. The van der Waals surface area contributed by atoms with Gasteiger partial charge in [0.25, 0.3) is 5.91 Å². The first-order valence-corrected chi connectivity index (χ1v) is 9.13. The number of guanidine groups is 1. The van der Waals surface area contributed by atoms with Gasteiger partial charge in [0.15, 0.2) is 12.6 Å². The smallest absolute Gasteiger partial charge is 0.255 e. The second-order valence-corrected chi connectivity index (χ2v) is 6.39. The SMILES string of the molecule is CN=C(NCCc1ccc(OCC(N)=O)cc1)NCCc1cccc(Cl)c1. The molecule has 0 fully saturated rings. The largest absolute Gasteiger partial charge is 0.484 e. The van der Waals surface area contributed by atoms with Gasteiger partial charge in [-0.3, -0.25) is 9.79 Å². The van der Waals surface area contributed by atoms with Crippen molar-refractivity contribution in [2.45, 2.75) is 12.8 Å². The van der Waals surface area contributed by atoms with Gasteiger partial charge in [0.1, 0.15) is 5.75 Å². The molecule has 2 aromatic carbocycles. The number of nitrogens with two attached hydrogens (primary N) is 1. The highest BCUT2D eigenvalue weighted by molar-refractivity contribution is 6.30. The number of rotatable bonds is 9. The summed E-state index contributed by atoms with van der Waals surface area (Å²) in [5, 5.41) is 7.33.